The number of benzene rings is 1. The third-order valence-corrected chi connectivity index (χ3v) is 7.95. The SMILES string of the molecule is CCCN(CCC)C(=O)c1cccc(C(=O)N[C@@H](Cc2nccs2)[C@@H](N)C[C@@H](C)C(=O)NCC(CC)CC)c1. The Morgan fingerprint density at radius 2 is 1.72 bits per heavy atom. The number of amides is 3. The van der Waals surface area contributed by atoms with Gasteiger partial charge < -0.3 is 21.3 Å². The minimum Gasteiger partial charge on any atom is -0.356 e. The van der Waals surface area contributed by atoms with Gasteiger partial charge in [0, 0.05) is 60.7 Å². The minimum absolute atomic E-state index is 0.0217. The number of hydrogen-bond donors (Lipinski definition) is 3. The molecule has 8 nitrogen and oxygen atoms in total. The van der Waals surface area contributed by atoms with Gasteiger partial charge in [0.1, 0.15) is 0 Å². The Labute approximate surface area is 238 Å². The summed E-state index contributed by atoms with van der Waals surface area (Å²) >= 11 is 1.50. The number of rotatable bonds is 17. The lowest BCUT2D eigenvalue weighted by molar-refractivity contribution is -0.125. The molecule has 0 aliphatic heterocycles. The van der Waals surface area contributed by atoms with Crippen LogP contribution in [0.15, 0.2) is 35.8 Å². The van der Waals surface area contributed by atoms with Crippen LogP contribution in [0.1, 0.15) is 92.4 Å². The number of carbonyl (C=O) groups is 3. The highest BCUT2D eigenvalue weighted by Gasteiger charge is 2.27. The van der Waals surface area contributed by atoms with Gasteiger partial charge in [-0.2, -0.15) is 0 Å². The van der Waals surface area contributed by atoms with Crippen molar-refractivity contribution in [1.29, 1.82) is 0 Å². The summed E-state index contributed by atoms with van der Waals surface area (Å²) in [6, 6.07) is 5.96. The normalized spacial score (nSPS) is 13.5. The Kier molecular flexibility index (Phi) is 14.2. The van der Waals surface area contributed by atoms with Crippen molar-refractivity contribution < 1.29 is 14.4 Å². The van der Waals surface area contributed by atoms with Gasteiger partial charge in [-0.3, -0.25) is 14.4 Å². The second-order valence-corrected chi connectivity index (χ2v) is 11.3. The maximum atomic E-state index is 13.4. The van der Waals surface area contributed by atoms with Crippen molar-refractivity contribution in [3.63, 3.8) is 0 Å². The highest BCUT2D eigenvalue weighted by molar-refractivity contribution is 7.09. The van der Waals surface area contributed by atoms with E-state index in [1.165, 1.54) is 11.3 Å². The van der Waals surface area contributed by atoms with Crippen molar-refractivity contribution in [1.82, 2.24) is 20.5 Å². The summed E-state index contributed by atoms with van der Waals surface area (Å²) in [5.41, 5.74) is 7.51. The van der Waals surface area contributed by atoms with E-state index in [9.17, 15) is 14.4 Å². The molecule has 0 saturated heterocycles. The molecule has 0 aliphatic carbocycles. The lowest BCUT2D eigenvalue weighted by atomic mass is 9.93. The standard InChI is InChI=1S/C30H47N5O3S/c1-6-14-35(15-7-2)30(38)24-12-10-11-23(18-24)29(37)34-26(19-27-32-13-16-39-27)25(31)17-21(5)28(36)33-20-22(8-3)9-4/h10-13,16,18,21-22,25-26H,6-9,14-15,17,19-20,31H2,1-5H3,(H,33,36)(H,34,37)/t21-,25+,26+/m1/s1. The summed E-state index contributed by atoms with van der Waals surface area (Å²) < 4.78 is 0. The van der Waals surface area contributed by atoms with Crippen molar-refractivity contribution >= 4 is 29.1 Å². The third-order valence-electron chi connectivity index (χ3n) is 7.15. The molecule has 216 valence electrons. The zero-order valence-electron chi connectivity index (χ0n) is 24.2. The second-order valence-electron chi connectivity index (χ2n) is 10.3. The van der Waals surface area contributed by atoms with E-state index in [0.717, 1.165) is 30.7 Å². The molecular weight excluding hydrogens is 510 g/mol. The lowest BCUT2D eigenvalue weighted by Gasteiger charge is -2.27. The number of thiazole rings is 1. The minimum atomic E-state index is -0.457. The summed E-state index contributed by atoms with van der Waals surface area (Å²) in [5, 5.41) is 8.88. The van der Waals surface area contributed by atoms with Crippen LogP contribution in [0.4, 0.5) is 0 Å². The summed E-state index contributed by atoms with van der Waals surface area (Å²) in [6.07, 6.45) is 6.40. The van der Waals surface area contributed by atoms with Crippen molar-refractivity contribution in [2.24, 2.45) is 17.6 Å². The van der Waals surface area contributed by atoms with Crippen LogP contribution in [-0.2, 0) is 11.2 Å². The fourth-order valence-corrected chi connectivity index (χ4v) is 5.29. The molecule has 1 aromatic carbocycles. The van der Waals surface area contributed by atoms with Crippen molar-refractivity contribution in [2.45, 2.75) is 85.2 Å². The monoisotopic (exact) mass is 557 g/mol. The molecule has 3 atom stereocenters. The zero-order valence-corrected chi connectivity index (χ0v) is 25.1. The first-order valence-electron chi connectivity index (χ1n) is 14.4. The molecule has 0 saturated carbocycles. The van der Waals surface area contributed by atoms with E-state index >= 15 is 0 Å². The number of nitrogens with zero attached hydrogens (tertiary/aromatic N) is 2. The number of nitrogens with one attached hydrogen (secondary N) is 2. The van der Waals surface area contributed by atoms with E-state index in [2.05, 4.69) is 29.5 Å². The third kappa shape index (κ3) is 10.4. The van der Waals surface area contributed by atoms with Crippen LogP contribution in [0.3, 0.4) is 0 Å². The Balaban J connectivity index is 2.14. The fourth-order valence-electron chi connectivity index (χ4n) is 4.61. The first-order chi connectivity index (χ1) is 18.7. The number of nitrogens with two attached hydrogens (primary N) is 1. The first kappa shape index (κ1) is 32.4. The van der Waals surface area contributed by atoms with E-state index in [-0.39, 0.29) is 23.6 Å². The Morgan fingerprint density at radius 3 is 2.31 bits per heavy atom. The molecule has 0 fully saturated rings. The van der Waals surface area contributed by atoms with Crippen molar-refractivity contribution in [2.75, 3.05) is 19.6 Å². The average molecular weight is 558 g/mol. The van der Waals surface area contributed by atoms with E-state index in [0.29, 0.717) is 49.5 Å². The van der Waals surface area contributed by atoms with Gasteiger partial charge in [0.15, 0.2) is 0 Å². The van der Waals surface area contributed by atoms with Gasteiger partial charge in [0.25, 0.3) is 11.8 Å². The molecule has 0 radical (unpaired) electrons. The summed E-state index contributed by atoms with van der Waals surface area (Å²) in [5.74, 6) is -0.228. The predicted octanol–water partition coefficient (Wildman–Crippen LogP) is 4.65. The van der Waals surface area contributed by atoms with E-state index in [1.807, 2.05) is 31.1 Å². The molecule has 1 heterocycles. The first-order valence-corrected chi connectivity index (χ1v) is 15.2. The van der Waals surface area contributed by atoms with Crippen LogP contribution in [-0.4, -0.2) is 59.3 Å². The molecule has 0 unspecified atom stereocenters. The van der Waals surface area contributed by atoms with Gasteiger partial charge in [-0.15, -0.1) is 11.3 Å². The van der Waals surface area contributed by atoms with Crippen LogP contribution >= 0.6 is 11.3 Å². The molecule has 2 aromatic rings. The molecule has 9 heteroatoms. The Hall–Kier alpha value is -2.78. The Bertz CT molecular complexity index is 1020. The van der Waals surface area contributed by atoms with E-state index in [4.69, 9.17) is 5.73 Å². The van der Waals surface area contributed by atoms with Gasteiger partial charge in [-0.1, -0.05) is 53.5 Å². The molecule has 1 aromatic heterocycles. The number of aromatic nitrogens is 1. The zero-order chi connectivity index (χ0) is 28.8. The van der Waals surface area contributed by atoms with Gasteiger partial charge in [-0.05, 0) is 43.4 Å². The van der Waals surface area contributed by atoms with Gasteiger partial charge in [0.05, 0.1) is 11.0 Å². The van der Waals surface area contributed by atoms with Gasteiger partial charge in [0.2, 0.25) is 5.91 Å². The highest BCUT2D eigenvalue weighted by atomic mass is 32.1. The number of carbonyl (C=O) groups excluding carboxylic acids is 3. The van der Waals surface area contributed by atoms with Crippen LogP contribution in [0.2, 0.25) is 0 Å². The number of hydrogen-bond acceptors (Lipinski definition) is 6. The summed E-state index contributed by atoms with van der Waals surface area (Å²) in [7, 11) is 0. The molecule has 0 aliphatic rings. The van der Waals surface area contributed by atoms with Crippen LogP contribution in [0, 0.1) is 11.8 Å². The molecule has 39 heavy (non-hydrogen) atoms. The quantitative estimate of drug-likeness (QED) is 0.262. The molecule has 0 spiro atoms. The van der Waals surface area contributed by atoms with Gasteiger partial charge in [-0.25, -0.2) is 4.98 Å². The molecule has 2 rings (SSSR count). The molecule has 3 amide bonds. The second kappa shape index (κ2) is 17.0. The molecule has 0 bridgehead atoms. The van der Waals surface area contributed by atoms with Crippen LogP contribution < -0.4 is 16.4 Å². The molecular formula is C30H47N5O3S. The predicted molar refractivity (Wildman–Crippen MR) is 159 cm³/mol. The average Bonchev–Trinajstić information content (AvgIpc) is 3.45. The van der Waals surface area contributed by atoms with Gasteiger partial charge >= 0.3 is 0 Å². The van der Waals surface area contributed by atoms with Crippen molar-refractivity contribution in [3.05, 3.63) is 52.0 Å². The topological polar surface area (TPSA) is 117 Å². The summed E-state index contributed by atoms with van der Waals surface area (Å²) in [4.78, 5) is 45.4. The fraction of sp³-hybridized carbons (Fsp3) is 0.600. The van der Waals surface area contributed by atoms with E-state index in [1.54, 1.807) is 30.5 Å². The highest BCUT2D eigenvalue weighted by Crippen LogP contribution is 2.16. The maximum absolute atomic E-state index is 13.4. The van der Waals surface area contributed by atoms with Crippen molar-refractivity contribution in [3.8, 4) is 0 Å². The molecule has 4 N–H and O–H groups in total. The summed E-state index contributed by atoms with van der Waals surface area (Å²) in [6.45, 7) is 12.2. The van der Waals surface area contributed by atoms with Crippen LogP contribution in [0.5, 0.6) is 0 Å². The maximum Gasteiger partial charge on any atom is 0.253 e. The smallest absolute Gasteiger partial charge is 0.253 e. The lowest BCUT2D eigenvalue weighted by Crippen LogP contribution is -2.50. The van der Waals surface area contributed by atoms with E-state index < -0.39 is 12.1 Å². The largest absolute Gasteiger partial charge is 0.356 e. The Morgan fingerprint density at radius 1 is 1.05 bits per heavy atom. The van der Waals surface area contributed by atoms with Crippen LogP contribution in [0.25, 0.3) is 0 Å².